The Kier molecular flexibility index (Phi) is 10.7. The van der Waals surface area contributed by atoms with Gasteiger partial charge in [-0.25, -0.2) is 0 Å². The van der Waals surface area contributed by atoms with Crippen LogP contribution < -0.4 is 21.1 Å². The first-order valence-corrected chi connectivity index (χ1v) is 11.7. The van der Waals surface area contributed by atoms with E-state index in [9.17, 15) is 23.9 Å². The molecule has 0 radical (unpaired) electrons. The van der Waals surface area contributed by atoms with Gasteiger partial charge >= 0.3 is 7.60 Å². The highest BCUT2D eigenvalue weighted by atomic mass is 31.2. The standard InChI is InChI=1S/C20H34N3O6P/c1-5-19(30(26,27)28)22-17(10-13(2)3)20(25)23-16(18(24)12-21)11-14-6-8-15(29-4)9-7-14/h6-9,13,16-17,19,22H,5,10-12,21H2,1-4H3,(H,23,25)(H2,26,27,28)/t16-,17-,19-/m0/s1. The summed E-state index contributed by atoms with van der Waals surface area (Å²) in [5.74, 6) is -1.20. The molecule has 1 rings (SSSR count). The summed E-state index contributed by atoms with van der Waals surface area (Å²) in [4.78, 5) is 44.3. The molecule has 0 aliphatic rings. The molecule has 9 nitrogen and oxygen atoms in total. The van der Waals surface area contributed by atoms with Crippen molar-refractivity contribution in [2.45, 2.75) is 57.9 Å². The van der Waals surface area contributed by atoms with Crippen molar-refractivity contribution in [1.82, 2.24) is 10.6 Å². The van der Waals surface area contributed by atoms with Gasteiger partial charge in [-0.3, -0.25) is 19.5 Å². The van der Waals surface area contributed by atoms with Crippen molar-refractivity contribution < 1.29 is 28.7 Å². The lowest BCUT2D eigenvalue weighted by Gasteiger charge is -2.28. The highest BCUT2D eigenvalue weighted by Gasteiger charge is 2.33. The van der Waals surface area contributed by atoms with E-state index in [1.165, 1.54) is 0 Å². The van der Waals surface area contributed by atoms with Crippen LogP contribution in [0.3, 0.4) is 0 Å². The van der Waals surface area contributed by atoms with Crippen LogP contribution in [0.2, 0.25) is 0 Å². The molecule has 0 bridgehead atoms. The second kappa shape index (κ2) is 12.2. The van der Waals surface area contributed by atoms with Gasteiger partial charge in [-0.2, -0.15) is 0 Å². The molecule has 0 saturated carbocycles. The normalized spacial score (nSPS) is 14.8. The third-order valence-electron chi connectivity index (χ3n) is 4.72. The van der Waals surface area contributed by atoms with E-state index in [0.29, 0.717) is 12.2 Å². The molecule has 0 unspecified atom stereocenters. The van der Waals surface area contributed by atoms with Gasteiger partial charge in [0.25, 0.3) is 0 Å². The van der Waals surface area contributed by atoms with Crippen molar-refractivity contribution in [2.24, 2.45) is 11.7 Å². The van der Waals surface area contributed by atoms with Gasteiger partial charge in [0.05, 0.1) is 25.7 Å². The quantitative estimate of drug-likeness (QED) is 0.285. The first kappa shape index (κ1) is 26.3. The lowest BCUT2D eigenvalue weighted by Crippen LogP contribution is -2.54. The summed E-state index contributed by atoms with van der Waals surface area (Å²) < 4.78 is 16.8. The smallest absolute Gasteiger partial charge is 0.342 e. The van der Waals surface area contributed by atoms with Gasteiger partial charge in [0, 0.05) is 0 Å². The number of hydrogen-bond acceptors (Lipinski definition) is 6. The lowest BCUT2D eigenvalue weighted by atomic mass is 9.99. The van der Waals surface area contributed by atoms with Crippen molar-refractivity contribution in [2.75, 3.05) is 13.7 Å². The Hall–Kier alpha value is -1.77. The molecule has 0 fully saturated rings. The van der Waals surface area contributed by atoms with Crippen molar-refractivity contribution >= 4 is 19.3 Å². The largest absolute Gasteiger partial charge is 0.497 e. The van der Waals surface area contributed by atoms with Crippen molar-refractivity contribution in [3.63, 3.8) is 0 Å². The molecule has 1 aromatic carbocycles. The lowest BCUT2D eigenvalue weighted by molar-refractivity contribution is -0.128. The van der Waals surface area contributed by atoms with E-state index in [-0.39, 0.29) is 31.1 Å². The van der Waals surface area contributed by atoms with Crippen LogP contribution in [0.25, 0.3) is 0 Å². The third kappa shape index (κ3) is 8.53. The predicted octanol–water partition coefficient (Wildman–Crippen LogP) is 1.17. The summed E-state index contributed by atoms with van der Waals surface area (Å²) in [6.45, 7) is 5.20. The predicted molar refractivity (Wildman–Crippen MR) is 115 cm³/mol. The fraction of sp³-hybridized carbons (Fsp3) is 0.600. The number of ether oxygens (including phenoxy) is 1. The van der Waals surface area contributed by atoms with Crippen LogP contribution >= 0.6 is 7.60 Å². The number of amides is 1. The van der Waals surface area contributed by atoms with E-state index in [0.717, 1.165) is 5.56 Å². The number of methoxy groups -OCH3 is 1. The van der Waals surface area contributed by atoms with Gasteiger partial charge in [-0.1, -0.05) is 32.9 Å². The number of nitrogens with one attached hydrogen (secondary N) is 2. The number of benzene rings is 1. The van der Waals surface area contributed by atoms with Crippen LogP contribution in [-0.4, -0.2) is 53.0 Å². The molecule has 10 heteroatoms. The topological polar surface area (TPSA) is 151 Å². The molecule has 1 aromatic rings. The molecule has 0 aliphatic heterocycles. The minimum atomic E-state index is -4.42. The zero-order valence-electron chi connectivity index (χ0n) is 18.0. The zero-order valence-corrected chi connectivity index (χ0v) is 18.9. The minimum absolute atomic E-state index is 0.0905. The second-order valence-electron chi connectivity index (χ2n) is 7.65. The van der Waals surface area contributed by atoms with E-state index in [2.05, 4.69) is 10.6 Å². The molecule has 0 spiro atoms. The maximum atomic E-state index is 12.9. The van der Waals surface area contributed by atoms with Gasteiger partial charge in [0.1, 0.15) is 11.5 Å². The average molecular weight is 443 g/mol. The SMILES string of the molecule is CC[C@@H](N[C@@H](CC(C)C)C(=O)N[C@@H](Cc1ccc(OC)cc1)C(=O)CN)P(=O)(O)O. The summed E-state index contributed by atoms with van der Waals surface area (Å²) in [5, 5.41) is 5.50. The Morgan fingerprint density at radius 2 is 1.77 bits per heavy atom. The summed E-state index contributed by atoms with van der Waals surface area (Å²) in [6.07, 6.45) is 0.757. The molecule has 0 heterocycles. The fourth-order valence-electron chi connectivity index (χ4n) is 3.06. The second-order valence-corrected chi connectivity index (χ2v) is 9.45. The maximum absolute atomic E-state index is 12.9. The van der Waals surface area contributed by atoms with E-state index >= 15 is 0 Å². The minimum Gasteiger partial charge on any atom is -0.497 e. The van der Waals surface area contributed by atoms with Gasteiger partial charge in [-0.15, -0.1) is 0 Å². The average Bonchev–Trinajstić information content (AvgIpc) is 2.69. The zero-order chi connectivity index (χ0) is 22.9. The summed E-state index contributed by atoms with van der Waals surface area (Å²) in [6, 6.07) is 5.42. The summed E-state index contributed by atoms with van der Waals surface area (Å²) in [5.41, 5.74) is 6.34. The van der Waals surface area contributed by atoms with Crippen molar-refractivity contribution in [3.8, 4) is 5.75 Å². The highest BCUT2D eigenvalue weighted by molar-refractivity contribution is 7.52. The Labute approximate surface area is 177 Å². The molecule has 1 amide bonds. The highest BCUT2D eigenvalue weighted by Crippen LogP contribution is 2.41. The third-order valence-corrected chi connectivity index (χ3v) is 6.04. The van der Waals surface area contributed by atoms with Crippen LogP contribution in [0.15, 0.2) is 24.3 Å². The van der Waals surface area contributed by atoms with Crippen LogP contribution in [0.1, 0.15) is 39.2 Å². The van der Waals surface area contributed by atoms with Crippen LogP contribution in [0.4, 0.5) is 0 Å². The van der Waals surface area contributed by atoms with Gasteiger partial charge in [0.2, 0.25) is 5.91 Å². The van der Waals surface area contributed by atoms with Gasteiger partial charge in [0.15, 0.2) is 5.78 Å². The first-order chi connectivity index (χ1) is 14.0. The Balaban J connectivity index is 3.00. The van der Waals surface area contributed by atoms with Gasteiger partial charge < -0.3 is 25.6 Å². The van der Waals surface area contributed by atoms with Crippen LogP contribution in [-0.2, 0) is 20.6 Å². The summed E-state index contributed by atoms with van der Waals surface area (Å²) in [7, 11) is -2.87. The molecule has 6 N–H and O–H groups in total. The Morgan fingerprint density at radius 1 is 1.17 bits per heavy atom. The molecule has 0 aliphatic carbocycles. The molecular formula is C20H34N3O6P. The van der Waals surface area contributed by atoms with Crippen molar-refractivity contribution in [3.05, 3.63) is 29.8 Å². The van der Waals surface area contributed by atoms with E-state index in [4.69, 9.17) is 10.5 Å². The van der Waals surface area contributed by atoms with E-state index in [1.54, 1.807) is 38.3 Å². The molecule has 170 valence electrons. The number of Topliss-reactive ketones (excluding diaryl/α,β-unsaturated/α-hetero) is 1. The number of nitrogens with two attached hydrogens (primary N) is 1. The van der Waals surface area contributed by atoms with Gasteiger partial charge in [-0.05, 0) is 42.9 Å². The number of rotatable bonds is 13. The van der Waals surface area contributed by atoms with E-state index < -0.39 is 31.4 Å². The molecule has 30 heavy (non-hydrogen) atoms. The molecule has 3 atom stereocenters. The van der Waals surface area contributed by atoms with Crippen molar-refractivity contribution in [1.29, 1.82) is 0 Å². The maximum Gasteiger partial charge on any atom is 0.342 e. The number of carbonyl (C=O) groups excluding carboxylic acids is 2. The van der Waals surface area contributed by atoms with Crippen LogP contribution in [0.5, 0.6) is 5.75 Å². The Bertz CT molecular complexity index is 735. The van der Waals surface area contributed by atoms with E-state index in [1.807, 2.05) is 13.8 Å². The molecular weight excluding hydrogens is 409 g/mol. The monoisotopic (exact) mass is 443 g/mol. The number of hydrogen-bond donors (Lipinski definition) is 5. The first-order valence-electron chi connectivity index (χ1n) is 9.99. The molecule has 0 aromatic heterocycles. The number of ketones is 1. The fourth-order valence-corrected chi connectivity index (χ4v) is 3.91. The Morgan fingerprint density at radius 3 is 2.20 bits per heavy atom. The summed E-state index contributed by atoms with van der Waals surface area (Å²) >= 11 is 0. The van der Waals surface area contributed by atoms with Crippen LogP contribution in [0, 0.1) is 5.92 Å². The molecule has 0 saturated heterocycles. The number of carbonyl (C=O) groups is 2.